The summed E-state index contributed by atoms with van der Waals surface area (Å²) in [5, 5.41) is 4.56. The molecule has 4 heteroatoms. The molecule has 0 spiro atoms. The number of carbonyl (C=O) groups is 1. The highest BCUT2D eigenvalue weighted by Gasteiger charge is 2.12. The van der Waals surface area contributed by atoms with E-state index in [1.165, 1.54) is 0 Å². The van der Waals surface area contributed by atoms with Gasteiger partial charge in [0.1, 0.15) is 0 Å². The van der Waals surface area contributed by atoms with Gasteiger partial charge in [-0.15, -0.1) is 0 Å². The first-order chi connectivity index (χ1) is 8.70. The summed E-state index contributed by atoms with van der Waals surface area (Å²) in [6.45, 7) is 1.83. The van der Waals surface area contributed by atoms with Gasteiger partial charge in [-0.2, -0.15) is 0 Å². The van der Waals surface area contributed by atoms with Gasteiger partial charge in [-0.3, -0.25) is 4.79 Å². The Bertz CT molecular complexity index is 580. The van der Waals surface area contributed by atoms with Gasteiger partial charge >= 0.3 is 0 Å². The second-order valence-corrected chi connectivity index (χ2v) is 3.95. The number of para-hydroxylation sites is 1. The van der Waals surface area contributed by atoms with Gasteiger partial charge in [-0.1, -0.05) is 24.3 Å². The first-order valence-electron chi connectivity index (χ1n) is 5.56. The Morgan fingerprint density at radius 2 is 1.83 bits per heavy atom. The molecule has 0 atom stereocenters. The number of nitroso groups, excluding NO2 is 1. The fourth-order valence-corrected chi connectivity index (χ4v) is 1.65. The summed E-state index contributed by atoms with van der Waals surface area (Å²) < 4.78 is 0. The molecule has 18 heavy (non-hydrogen) atoms. The number of amides is 1. The molecule has 0 aliphatic heterocycles. The van der Waals surface area contributed by atoms with Gasteiger partial charge in [-0.25, -0.2) is 0 Å². The van der Waals surface area contributed by atoms with Crippen LogP contribution in [0.25, 0.3) is 0 Å². The van der Waals surface area contributed by atoms with Gasteiger partial charge in [0, 0.05) is 33.5 Å². The zero-order valence-corrected chi connectivity index (χ0v) is 9.94. The van der Waals surface area contributed by atoms with Gasteiger partial charge in [0.25, 0.3) is 11.6 Å². The average Bonchev–Trinajstić information content (AvgIpc) is 2.40. The molecule has 0 aliphatic rings. The van der Waals surface area contributed by atoms with Crippen LogP contribution in [0.4, 0.5) is 11.4 Å². The third kappa shape index (κ3) is 2.60. The molecule has 2 rings (SSSR count). The summed E-state index contributed by atoms with van der Waals surface area (Å²) in [7, 11) is 0. The number of hydrogen-bond donors (Lipinski definition) is 2. The fourth-order valence-electron chi connectivity index (χ4n) is 1.65. The Labute approximate surface area is 105 Å². The molecule has 0 aliphatic carbocycles. The van der Waals surface area contributed by atoms with Crippen LogP contribution in [0.15, 0.2) is 48.5 Å². The first-order valence-corrected chi connectivity index (χ1v) is 5.56. The lowest BCUT2D eigenvalue weighted by atomic mass is 10.1. The molecule has 0 unspecified atom stereocenters. The van der Waals surface area contributed by atoms with Crippen molar-refractivity contribution in [2.24, 2.45) is 0 Å². The van der Waals surface area contributed by atoms with E-state index in [9.17, 15) is 9.70 Å². The van der Waals surface area contributed by atoms with Crippen LogP contribution in [-0.2, 0) is 0 Å². The minimum atomic E-state index is -0.226. The largest absolute Gasteiger partial charge is 0.322 e. The molecule has 4 nitrogen and oxygen atoms in total. The number of nitrogens with one attached hydrogen (secondary N) is 2. The van der Waals surface area contributed by atoms with Crippen molar-refractivity contribution in [1.82, 2.24) is 0 Å². The molecule has 2 aromatic carbocycles. The van der Waals surface area contributed by atoms with Crippen LogP contribution in [0.2, 0.25) is 0 Å². The molecule has 0 fully saturated rings. The second-order valence-electron chi connectivity index (χ2n) is 3.95. The Morgan fingerprint density at radius 1 is 1.11 bits per heavy atom. The smallest absolute Gasteiger partial charge is 0.256 e. The van der Waals surface area contributed by atoms with Crippen LogP contribution in [0, 0.1) is 11.8 Å². The summed E-state index contributed by atoms with van der Waals surface area (Å²) >= 11 is 0. The van der Waals surface area contributed by atoms with Gasteiger partial charge in [0.2, 0.25) is 0 Å². The van der Waals surface area contributed by atoms with Gasteiger partial charge < -0.3 is 5.32 Å². The van der Waals surface area contributed by atoms with Crippen molar-refractivity contribution in [1.29, 1.82) is 0 Å². The van der Waals surface area contributed by atoms with Crippen LogP contribution in [0.5, 0.6) is 0 Å². The number of hydrogen-bond acceptors (Lipinski definition) is 2. The number of aryl methyl sites for hydroxylation is 1. The number of anilines is 1. The van der Waals surface area contributed by atoms with Crippen molar-refractivity contribution < 1.29 is 9.97 Å². The maximum Gasteiger partial charge on any atom is 0.256 e. The van der Waals surface area contributed by atoms with Crippen molar-refractivity contribution in [3.63, 3.8) is 0 Å². The molecule has 0 bridgehead atoms. The summed E-state index contributed by atoms with van der Waals surface area (Å²) in [6, 6.07) is 14.1. The molecule has 2 N–H and O–H groups in total. The third-order valence-corrected chi connectivity index (χ3v) is 2.63. The highest BCUT2D eigenvalue weighted by molar-refractivity contribution is 6.05. The predicted molar refractivity (Wildman–Crippen MR) is 69.6 cm³/mol. The average molecular weight is 241 g/mol. The maximum absolute atomic E-state index is 12.1. The van der Waals surface area contributed by atoms with E-state index in [1.54, 1.807) is 23.4 Å². The number of carbonyl (C=O) groups excluding carboxylic acids is 1. The van der Waals surface area contributed by atoms with E-state index in [-0.39, 0.29) is 5.91 Å². The standard InChI is InChI=1S/C14H12N2O2/c1-10-7-8-12(16-18)9-13(10)14(17)15-11-5-3-2-4-6-11/h2-9H,1H3,(H,15,17)/p+1. The quantitative estimate of drug-likeness (QED) is 0.859. The fraction of sp³-hybridized carbons (Fsp3) is 0.0714. The second kappa shape index (κ2) is 5.23. The summed E-state index contributed by atoms with van der Waals surface area (Å²) in [5.74, 6) is -0.226. The Hall–Kier alpha value is -2.49. The topological polar surface area (TPSA) is 60.1 Å². The molecule has 0 aromatic heterocycles. The number of rotatable bonds is 3. The van der Waals surface area contributed by atoms with Gasteiger partial charge in [0.05, 0.1) is 0 Å². The van der Waals surface area contributed by atoms with Crippen LogP contribution in [0.3, 0.4) is 0 Å². The monoisotopic (exact) mass is 241 g/mol. The molecule has 90 valence electrons. The molecule has 1 amide bonds. The van der Waals surface area contributed by atoms with Crippen molar-refractivity contribution in [2.75, 3.05) is 5.32 Å². The Kier molecular flexibility index (Phi) is 3.48. The van der Waals surface area contributed by atoms with E-state index in [0.717, 1.165) is 11.3 Å². The molecular weight excluding hydrogens is 228 g/mol. The SMILES string of the molecule is Cc1ccc([NH+]=O)cc1C(=O)Nc1ccccc1. The molecule has 0 radical (unpaired) electrons. The van der Waals surface area contributed by atoms with E-state index >= 15 is 0 Å². The van der Waals surface area contributed by atoms with E-state index in [1.807, 2.05) is 37.3 Å². The summed E-state index contributed by atoms with van der Waals surface area (Å²) in [6.07, 6.45) is 0. The minimum absolute atomic E-state index is 0.226. The normalized spacial score (nSPS) is 9.83. The van der Waals surface area contributed by atoms with E-state index in [4.69, 9.17) is 0 Å². The third-order valence-electron chi connectivity index (χ3n) is 2.63. The van der Waals surface area contributed by atoms with Crippen LogP contribution in [-0.4, -0.2) is 5.91 Å². The molecule has 0 heterocycles. The van der Waals surface area contributed by atoms with Gasteiger partial charge in [-0.05, 0) is 24.6 Å². The predicted octanol–water partition coefficient (Wildman–Crippen LogP) is 1.73. The summed E-state index contributed by atoms with van der Waals surface area (Å²) in [5.41, 5.74) is 2.41. The Balaban J connectivity index is 2.26. The molecule has 0 saturated carbocycles. The Morgan fingerprint density at radius 3 is 2.50 bits per heavy atom. The lowest BCUT2D eigenvalue weighted by Crippen LogP contribution is -2.55. The molecular formula is C14H13N2O2+. The van der Waals surface area contributed by atoms with Gasteiger partial charge in [0.15, 0.2) is 0 Å². The lowest BCUT2D eigenvalue weighted by Gasteiger charge is -2.06. The van der Waals surface area contributed by atoms with E-state index in [2.05, 4.69) is 5.32 Å². The van der Waals surface area contributed by atoms with E-state index < -0.39 is 0 Å². The number of benzene rings is 2. The van der Waals surface area contributed by atoms with Crippen molar-refractivity contribution in [3.05, 3.63) is 64.6 Å². The highest BCUT2D eigenvalue weighted by atomic mass is 16.3. The molecule has 2 aromatic rings. The van der Waals surface area contributed by atoms with Crippen molar-refractivity contribution in [3.8, 4) is 0 Å². The van der Waals surface area contributed by atoms with Crippen LogP contribution >= 0.6 is 0 Å². The summed E-state index contributed by atoms with van der Waals surface area (Å²) in [4.78, 5) is 22.7. The van der Waals surface area contributed by atoms with Crippen LogP contribution < -0.4 is 10.5 Å². The zero-order chi connectivity index (χ0) is 13.0. The minimum Gasteiger partial charge on any atom is -0.322 e. The van der Waals surface area contributed by atoms with Crippen molar-refractivity contribution >= 4 is 17.3 Å². The van der Waals surface area contributed by atoms with E-state index in [0.29, 0.717) is 11.3 Å². The zero-order valence-electron chi connectivity index (χ0n) is 9.94. The highest BCUT2D eigenvalue weighted by Crippen LogP contribution is 2.14. The lowest BCUT2D eigenvalue weighted by molar-refractivity contribution is -0.379. The maximum atomic E-state index is 12.1. The van der Waals surface area contributed by atoms with Crippen molar-refractivity contribution in [2.45, 2.75) is 6.92 Å². The molecule has 0 saturated heterocycles. The first kappa shape index (κ1) is 12.0. The van der Waals surface area contributed by atoms with Crippen LogP contribution in [0.1, 0.15) is 15.9 Å².